The number of rotatable bonds is 35. The predicted molar refractivity (Wildman–Crippen MR) is 229 cm³/mol. The third kappa shape index (κ3) is 38.1. The molecule has 0 aromatic rings. The molecule has 0 aromatic carbocycles. The van der Waals surface area contributed by atoms with Crippen molar-refractivity contribution in [2.45, 2.75) is 141 Å². The highest BCUT2D eigenvalue weighted by atomic mass is 31.2. The van der Waals surface area contributed by atoms with Gasteiger partial charge in [0.05, 0.1) is 46.0 Å². The first-order chi connectivity index (χ1) is 26.4. The number of allylic oxidation sites excluding steroid dienone is 13. The molecule has 3 N–H and O–H groups in total. The number of nitrogens with one attached hydrogen (secondary N) is 1. The summed E-state index contributed by atoms with van der Waals surface area (Å²) in [5.74, 6) is -0.349. The molecule has 55 heavy (non-hydrogen) atoms. The molecule has 0 spiro atoms. The van der Waals surface area contributed by atoms with E-state index in [1.54, 1.807) is 12.2 Å². The van der Waals surface area contributed by atoms with Gasteiger partial charge in [-0.15, -0.1) is 0 Å². The molecule has 0 bridgehead atoms. The van der Waals surface area contributed by atoms with E-state index in [-0.39, 0.29) is 18.9 Å². The zero-order valence-corrected chi connectivity index (χ0v) is 35.8. The van der Waals surface area contributed by atoms with Gasteiger partial charge in [0.25, 0.3) is 7.82 Å². The van der Waals surface area contributed by atoms with Crippen molar-refractivity contribution in [3.8, 4) is 0 Å². The largest absolute Gasteiger partial charge is 0.756 e. The summed E-state index contributed by atoms with van der Waals surface area (Å²) in [5, 5.41) is 23.9. The number of unbranched alkanes of at least 4 members (excludes halogenated alkanes) is 8. The summed E-state index contributed by atoms with van der Waals surface area (Å²) < 4.78 is 23.0. The van der Waals surface area contributed by atoms with Crippen molar-refractivity contribution >= 4 is 13.7 Å². The van der Waals surface area contributed by atoms with Gasteiger partial charge >= 0.3 is 0 Å². The quantitative estimate of drug-likeness (QED) is 0.0192. The van der Waals surface area contributed by atoms with Crippen LogP contribution in [0.5, 0.6) is 0 Å². The predicted octanol–water partition coefficient (Wildman–Crippen LogP) is 9.52. The van der Waals surface area contributed by atoms with Gasteiger partial charge in [-0.2, -0.15) is 0 Å². The monoisotopic (exact) mass is 789 g/mol. The molecule has 4 atom stereocenters. The fraction of sp³-hybridized carbons (Fsp3) is 0.622. The first kappa shape index (κ1) is 52.4. The van der Waals surface area contributed by atoms with Gasteiger partial charge in [0.2, 0.25) is 5.91 Å². The second-order valence-corrected chi connectivity index (χ2v) is 16.2. The molecular weight excluding hydrogens is 711 g/mol. The second kappa shape index (κ2) is 35.8. The number of amides is 1. The average Bonchev–Trinajstić information content (AvgIpc) is 3.13. The minimum atomic E-state index is -4.64. The van der Waals surface area contributed by atoms with Crippen LogP contribution in [0.2, 0.25) is 0 Å². The lowest BCUT2D eigenvalue weighted by atomic mass is 10.1. The summed E-state index contributed by atoms with van der Waals surface area (Å²) >= 11 is 0. The maximum atomic E-state index is 12.8. The Labute approximate surface area is 335 Å². The molecule has 1 amide bonds. The van der Waals surface area contributed by atoms with Gasteiger partial charge in [0.1, 0.15) is 13.2 Å². The maximum absolute atomic E-state index is 12.8. The lowest BCUT2D eigenvalue weighted by Crippen LogP contribution is -2.45. The van der Waals surface area contributed by atoms with Crippen molar-refractivity contribution in [3.63, 3.8) is 0 Å². The molecule has 0 aromatic heterocycles. The summed E-state index contributed by atoms with van der Waals surface area (Å²) in [4.78, 5) is 25.2. The molecule has 0 radical (unpaired) electrons. The number of quaternary nitrogens is 1. The number of hydrogen-bond donors (Lipinski definition) is 3. The Hall–Kier alpha value is -2.62. The van der Waals surface area contributed by atoms with E-state index in [4.69, 9.17) is 9.05 Å². The lowest BCUT2D eigenvalue weighted by Gasteiger charge is -2.29. The highest BCUT2D eigenvalue weighted by Gasteiger charge is 2.23. The Bertz CT molecular complexity index is 1230. The molecule has 0 saturated carbocycles. The third-order valence-electron chi connectivity index (χ3n) is 8.34. The van der Waals surface area contributed by atoms with E-state index >= 15 is 0 Å². The van der Waals surface area contributed by atoms with Gasteiger partial charge in [-0.05, 0) is 70.6 Å². The van der Waals surface area contributed by atoms with E-state index in [0.29, 0.717) is 23.9 Å². The van der Waals surface area contributed by atoms with E-state index in [2.05, 4.69) is 67.8 Å². The Balaban J connectivity index is 4.75. The summed E-state index contributed by atoms with van der Waals surface area (Å²) in [7, 11) is 1.12. The number of carbonyl (C=O) groups excluding carboxylic acids is 1. The van der Waals surface area contributed by atoms with E-state index < -0.39 is 32.7 Å². The Morgan fingerprint density at radius 3 is 1.93 bits per heavy atom. The zero-order valence-electron chi connectivity index (χ0n) is 34.9. The summed E-state index contributed by atoms with van der Waals surface area (Å²) in [5.41, 5.74) is 0. The molecule has 0 heterocycles. The van der Waals surface area contributed by atoms with E-state index in [0.717, 1.165) is 57.8 Å². The van der Waals surface area contributed by atoms with Crippen molar-refractivity contribution < 1.29 is 38.0 Å². The standard InChI is InChI=1S/C45H77N2O7P/c1-6-8-10-12-14-16-18-20-22-24-26-28-31-35-42(48)36-32-30-34-38-45(50)46-43(41-54-55(51,52)53-40-39-47(3,4)5)44(49)37-33-29-27-25-23-21-19-17-15-13-11-9-7-2/h8,10-11,13-14,16,20,22,26,28,30-33,35,37,42-44,48-49H,6-7,9,12,15,17-19,21,23-25,27,29,34,36,38-41H2,1-5H3,(H-,46,50,51,52)/b10-8-,13-11-,16-14-,22-20-,28-26-,32-30-,35-31-,37-33+/t42?,43-,44+/m0/s1. The third-order valence-corrected chi connectivity index (χ3v) is 9.31. The van der Waals surface area contributed by atoms with Gasteiger partial charge in [-0.25, -0.2) is 0 Å². The Morgan fingerprint density at radius 2 is 1.29 bits per heavy atom. The number of aliphatic hydroxyl groups is 2. The number of aliphatic hydroxyl groups excluding tert-OH is 2. The molecule has 0 aliphatic rings. The molecule has 0 aliphatic heterocycles. The molecule has 0 saturated heterocycles. The molecule has 0 aliphatic carbocycles. The van der Waals surface area contributed by atoms with Gasteiger partial charge in [-0.1, -0.05) is 143 Å². The minimum absolute atomic E-state index is 0.0407. The number of phosphoric ester groups is 1. The number of hydrogen-bond acceptors (Lipinski definition) is 7. The molecule has 2 unspecified atom stereocenters. The van der Waals surface area contributed by atoms with Crippen LogP contribution in [0.25, 0.3) is 0 Å². The number of nitrogens with zero attached hydrogens (tertiary/aromatic N) is 1. The van der Waals surface area contributed by atoms with Crippen LogP contribution in [0.1, 0.15) is 123 Å². The van der Waals surface area contributed by atoms with Crippen LogP contribution in [-0.4, -0.2) is 79.8 Å². The van der Waals surface area contributed by atoms with Crippen LogP contribution in [0.15, 0.2) is 97.2 Å². The molecule has 0 fully saturated rings. The Kier molecular flexibility index (Phi) is 34.1. The van der Waals surface area contributed by atoms with Crippen LogP contribution in [0.3, 0.4) is 0 Å². The summed E-state index contributed by atoms with van der Waals surface area (Å²) in [6, 6.07) is -0.978. The van der Waals surface area contributed by atoms with Crippen molar-refractivity contribution in [1.29, 1.82) is 0 Å². The van der Waals surface area contributed by atoms with Crippen LogP contribution in [0, 0.1) is 0 Å². The first-order valence-corrected chi connectivity index (χ1v) is 22.2. The molecule has 9 nitrogen and oxygen atoms in total. The highest BCUT2D eigenvalue weighted by Crippen LogP contribution is 2.38. The lowest BCUT2D eigenvalue weighted by molar-refractivity contribution is -0.870. The normalized spacial score (nSPS) is 16.0. The minimum Gasteiger partial charge on any atom is -0.756 e. The summed E-state index contributed by atoms with van der Waals surface area (Å²) in [6.45, 7) is 4.28. The van der Waals surface area contributed by atoms with Crippen LogP contribution in [0.4, 0.5) is 0 Å². The van der Waals surface area contributed by atoms with Crippen molar-refractivity contribution in [1.82, 2.24) is 5.32 Å². The van der Waals surface area contributed by atoms with Gasteiger partial charge < -0.3 is 34.0 Å². The van der Waals surface area contributed by atoms with Gasteiger partial charge in [-0.3, -0.25) is 9.36 Å². The number of phosphoric acid groups is 1. The van der Waals surface area contributed by atoms with E-state index in [9.17, 15) is 24.5 Å². The molecular formula is C45H77N2O7P. The summed E-state index contributed by atoms with van der Waals surface area (Å²) in [6.07, 6.45) is 46.3. The van der Waals surface area contributed by atoms with Crippen LogP contribution >= 0.6 is 7.82 Å². The second-order valence-electron chi connectivity index (χ2n) is 14.8. The topological polar surface area (TPSA) is 128 Å². The smallest absolute Gasteiger partial charge is 0.268 e. The first-order valence-electron chi connectivity index (χ1n) is 20.7. The number of carbonyl (C=O) groups is 1. The number of likely N-dealkylation sites (N-methyl/N-ethyl adjacent to an activating group) is 1. The van der Waals surface area contributed by atoms with Crippen molar-refractivity contribution in [2.75, 3.05) is 40.9 Å². The van der Waals surface area contributed by atoms with Crippen molar-refractivity contribution in [2.24, 2.45) is 0 Å². The van der Waals surface area contributed by atoms with E-state index in [1.807, 2.05) is 57.6 Å². The molecule has 10 heteroatoms. The maximum Gasteiger partial charge on any atom is 0.268 e. The molecule has 314 valence electrons. The van der Waals surface area contributed by atoms with Gasteiger partial charge in [0, 0.05) is 6.42 Å². The Morgan fingerprint density at radius 1 is 0.709 bits per heavy atom. The average molecular weight is 789 g/mol. The SMILES string of the molecule is CC/C=C\C/C=C\C/C=C\C/C=C\C=C/C(O)C/C=C\CCC(=O)N[C@@H](COP(=O)([O-])OCC[N+](C)(C)C)[C@H](O)/C=C/CCCCCCCC/C=C\CCC. The fourth-order valence-corrected chi connectivity index (χ4v) is 5.75. The van der Waals surface area contributed by atoms with Crippen LogP contribution < -0.4 is 10.2 Å². The highest BCUT2D eigenvalue weighted by molar-refractivity contribution is 7.45. The van der Waals surface area contributed by atoms with E-state index in [1.165, 1.54) is 32.1 Å². The van der Waals surface area contributed by atoms with Crippen molar-refractivity contribution in [3.05, 3.63) is 97.2 Å². The van der Waals surface area contributed by atoms with Gasteiger partial charge in [0.15, 0.2) is 0 Å². The zero-order chi connectivity index (χ0) is 40.9. The fourth-order valence-electron chi connectivity index (χ4n) is 5.02. The molecule has 0 rings (SSSR count). The van der Waals surface area contributed by atoms with Crippen LogP contribution in [-0.2, 0) is 18.4 Å².